The SMILES string of the molecule is Cl.O=C(NC1(c2cccc(Br)c2)CCC1)C1CC12CCNCC2. The second kappa shape index (κ2) is 6.38. The fraction of sp³-hybridized carbons (Fsp3) is 0.611. The van der Waals surface area contributed by atoms with E-state index in [1.807, 2.05) is 6.07 Å². The van der Waals surface area contributed by atoms with Crippen molar-refractivity contribution in [2.45, 2.75) is 44.1 Å². The lowest BCUT2D eigenvalue weighted by molar-refractivity contribution is -0.126. The molecular formula is C18H24BrClN2O. The first kappa shape index (κ1) is 17.2. The standard InChI is InChI=1S/C18H23BrN2O.ClH/c19-14-4-1-3-13(11-14)18(5-2-6-18)21-16(22)15-12-17(15)7-9-20-10-8-17;/h1,3-4,11,15,20H,2,5-10,12H2,(H,21,22);1H. The monoisotopic (exact) mass is 398 g/mol. The molecule has 5 heteroatoms. The van der Waals surface area contributed by atoms with Crippen molar-refractivity contribution in [1.82, 2.24) is 10.6 Å². The first-order valence-corrected chi connectivity index (χ1v) is 9.22. The van der Waals surface area contributed by atoms with Gasteiger partial charge in [0.15, 0.2) is 0 Å². The minimum atomic E-state index is -0.114. The quantitative estimate of drug-likeness (QED) is 0.812. The second-order valence-corrected chi connectivity index (χ2v) is 8.22. The number of nitrogens with one attached hydrogen (secondary N) is 2. The molecular weight excluding hydrogens is 376 g/mol. The largest absolute Gasteiger partial charge is 0.346 e. The van der Waals surface area contributed by atoms with E-state index in [0.29, 0.717) is 11.3 Å². The summed E-state index contributed by atoms with van der Waals surface area (Å²) in [5, 5.41) is 6.83. The van der Waals surface area contributed by atoms with Gasteiger partial charge in [-0.3, -0.25) is 4.79 Å². The van der Waals surface area contributed by atoms with Crippen LogP contribution in [0.4, 0.5) is 0 Å². The number of hydrogen-bond donors (Lipinski definition) is 2. The predicted octanol–water partition coefficient (Wildman–Crippen LogP) is 3.76. The van der Waals surface area contributed by atoms with Crippen molar-refractivity contribution >= 4 is 34.2 Å². The summed E-state index contributed by atoms with van der Waals surface area (Å²) < 4.78 is 1.09. The Hall–Kier alpha value is -0.580. The third-order valence-corrected chi connectivity index (χ3v) is 6.55. The number of benzene rings is 1. The molecule has 1 atom stereocenters. The van der Waals surface area contributed by atoms with Crippen molar-refractivity contribution in [3.63, 3.8) is 0 Å². The Bertz CT molecular complexity index is 596. The molecule has 0 radical (unpaired) electrons. The molecule has 1 aromatic rings. The maximum absolute atomic E-state index is 12.8. The van der Waals surface area contributed by atoms with Gasteiger partial charge in [0.1, 0.15) is 0 Å². The highest BCUT2D eigenvalue weighted by Gasteiger charge is 2.58. The summed E-state index contributed by atoms with van der Waals surface area (Å²) in [7, 11) is 0. The van der Waals surface area contributed by atoms with Crippen LogP contribution in [0.3, 0.4) is 0 Å². The molecule has 1 saturated heterocycles. The number of hydrogen-bond acceptors (Lipinski definition) is 2. The molecule has 1 amide bonds. The van der Waals surface area contributed by atoms with E-state index in [4.69, 9.17) is 0 Å². The van der Waals surface area contributed by atoms with Crippen LogP contribution in [0, 0.1) is 11.3 Å². The molecule has 0 aromatic heterocycles. The Balaban J connectivity index is 0.00000156. The molecule has 1 unspecified atom stereocenters. The summed E-state index contributed by atoms with van der Waals surface area (Å²) in [6, 6.07) is 8.42. The van der Waals surface area contributed by atoms with Crippen molar-refractivity contribution in [1.29, 1.82) is 0 Å². The lowest BCUT2D eigenvalue weighted by Crippen LogP contribution is -2.51. The zero-order valence-corrected chi connectivity index (χ0v) is 15.6. The lowest BCUT2D eigenvalue weighted by Gasteiger charge is -2.43. The maximum atomic E-state index is 12.8. The number of amides is 1. The van der Waals surface area contributed by atoms with Gasteiger partial charge in [0, 0.05) is 10.4 Å². The van der Waals surface area contributed by atoms with E-state index >= 15 is 0 Å². The van der Waals surface area contributed by atoms with Gasteiger partial charge in [-0.05, 0) is 74.7 Å². The minimum absolute atomic E-state index is 0. The summed E-state index contributed by atoms with van der Waals surface area (Å²) in [6.07, 6.45) is 6.75. The van der Waals surface area contributed by atoms with E-state index in [-0.39, 0.29) is 23.9 Å². The van der Waals surface area contributed by atoms with Crippen LogP contribution >= 0.6 is 28.3 Å². The van der Waals surface area contributed by atoms with E-state index in [9.17, 15) is 4.79 Å². The van der Waals surface area contributed by atoms with E-state index < -0.39 is 0 Å². The van der Waals surface area contributed by atoms with Gasteiger partial charge in [-0.1, -0.05) is 28.1 Å². The minimum Gasteiger partial charge on any atom is -0.346 e. The molecule has 2 N–H and O–H groups in total. The Morgan fingerprint density at radius 1 is 1.22 bits per heavy atom. The molecule has 126 valence electrons. The molecule has 3 fully saturated rings. The van der Waals surface area contributed by atoms with E-state index in [1.54, 1.807) is 0 Å². The summed E-state index contributed by atoms with van der Waals surface area (Å²) in [4.78, 5) is 12.8. The van der Waals surface area contributed by atoms with Gasteiger partial charge in [-0.2, -0.15) is 0 Å². The van der Waals surface area contributed by atoms with Gasteiger partial charge < -0.3 is 10.6 Å². The van der Waals surface area contributed by atoms with Crippen LogP contribution in [-0.2, 0) is 10.3 Å². The number of carbonyl (C=O) groups is 1. The summed E-state index contributed by atoms with van der Waals surface area (Å²) in [6.45, 7) is 2.14. The van der Waals surface area contributed by atoms with Crippen LogP contribution in [0.25, 0.3) is 0 Å². The summed E-state index contributed by atoms with van der Waals surface area (Å²) >= 11 is 3.55. The van der Waals surface area contributed by atoms with Crippen LogP contribution in [0.1, 0.15) is 44.1 Å². The smallest absolute Gasteiger partial charge is 0.224 e. The molecule has 1 aliphatic heterocycles. The van der Waals surface area contributed by atoms with Crippen LogP contribution in [0.15, 0.2) is 28.7 Å². The van der Waals surface area contributed by atoms with Crippen molar-refractivity contribution in [2.75, 3.05) is 13.1 Å². The van der Waals surface area contributed by atoms with Crippen LogP contribution in [0.2, 0.25) is 0 Å². The third-order valence-electron chi connectivity index (χ3n) is 6.05. The first-order chi connectivity index (χ1) is 10.6. The van der Waals surface area contributed by atoms with Crippen molar-refractivity contribution in [3.8, 4) is 0 Å². The third kappa shape index (κ3) is 3.06. The zero-order chi connectivity index (χ0) is 15.2. The molecule has 1 aromatic carbocycles. The Morgan fingerprint density at radius 2 is 1.96 bits per heavy atom. The number of carbonyl (C=O) groups excluding carboxylic acids is 1. The van der Waals surface area contributed by atoms with Crippen LogP contribution < -0.4 is 10.6 Å². The average molecular weight is 400 g/mol. The van der Waals surface area contributed by atoms with Gasteiger partial charge in [0.25, 0.3) is 0 Å². The Morgan fingerprint density at radius 3 is 2.57 bits per heavy atom. The molecule has 23 heavy (non-hydrogen) atoms. The van der Waals surface area contributed by atoms with E-state index in [1.165, 1.54) is 12.0 Å². The second-order valence-electron chi connectivity index (χ2n) is 7.30. The van der Waals surface area contributed by atoms with Crippen molar-refractivity contribution < 1.29 is 4.79 Å². The molecule has 0 bridgehead atoms. The highest BCUT2D eigenvalue weighted by atomic mass is 79.9. The Kier molecular flexibility index (Phi) is 4.78. The maximum Gasteiger partial charge on any atom is 0.224 e. The first-order valence-electron chi connectivity index (χ1n) is 8.42. The van der Waals surface area contributed by atoms with Gasteiger partial charge in [-0.25, -0.2) is 0 Å². The lowest BCUT2D eigenvalue weighted by atomic mass is 9.71. The van der Waals surface area contributed by atoms with Gasteiger partial charge in [0.05, 0.1) is 5.54 Å². The molecule has 3 aliphatic rings. The normalized spacial score (nSPS) is 26.7. The molecule has 1 spiro atoms. The summed E-state index contributed by atoms with van der Waals surface area (Å²) in [5.74, 6) is 0.542. The fourth-order valence-electron chi connectivity index (χ4n) is 4.32. The van der Waals surface area contributed by atoms with Gasteiger partial charge in [0.2, 0.25) is 5.91 Å². The van der Waals surface area contributed by atoms with E-state index in [0.717, 1.165) is 49.7 Å². The van der Waals surface area contributed by atoms with E-state index in [2.05, 4.69) is 44.8 Å². The predicted molar refractivity (Wildman–Crippen MR) is 97.7 cm³/mol. The van der Waals surface area contributed by atoms with Gasteiger partial charge in [-0.15, -0.1) is 12.4 Å². The van der Waals surface area contributed by atoms with Crippen molar-refractivity contribution in [3.05, 3.63) is 34.3 Å². The number of piperidine rings is 1. The van der Waals surface area contributed by atoms with Gasteiger partial charge >= 0.3 is 0 Å². The molecule has 4 rings (SSSR count). The van der Waals surface area contributed by atoms with Crippen molar-refractivity contribution in [2.24, 2.45) is 11.3 Å². The molecule has 2 saturated carbocycles. The van der Waals surface area contributed by atoms with Crippen LogP contribution in [0.5, 0.6) is 0 Å². The highest BCUT2D eigenvalue weighted by molar-refractivity contribution is 9.10. The Labute approximate surface area is 152 Å². The number of halogens is 2. The summed E-state index contributed by atoms with van der Waals surface area (Å²) in [5.41, 5.74) is 1.45. The average Bonchev–Trinajstić information content (AvgIpc) is 3.17. The fourth-order valence-corrected chi connectivity index (χ4v) is 4.72. The zero-order valence-electron chi connectivity index (χ0n) is 13.2. The highest BCUT2D eigenvalue weighted by Crippen LogP contribution is 2.59. The topological polar surface area (TPSA) is 41.1 Å². The molecule has 2 aliphatic carbocycles. The van der Waals surface area contributed by atoms with Crippen LogP contribution in [-0.4, -0.2) is 19.0 Å². The molecule has 3 nitrogen and oxygen atoms in total. The molecule has 1 heterocycles. The number of rotatable bonds is 3.